The van der Waals surface area contributed by atoms with Crippen molar-refractivity contribution in [1.82, 2.24) is 0 Å². The molecule has 0 amide bonds. The summed E-state index contributed by atoms with van der Waals surface area (Å²) in [5, 5.41) is 10.8. The summed E-state index contributed by atoms with van der Waals surface area (Å²) in [6.07, 6.45) is -0.213. The molecule has 0 bridgehead atoms. The first-order valence-corrected chi connectivity index (χ1v) is 8.43. The van der Waals surface area contributed by atoms with E-state index in [1.54, 1.807) is 0 Å². The number of hydrogen-bond donors (Lipinski definition) is 1. The predicted octanol–water partition coefficient (Wildman–Crippen LogP) is 2.87. The van der Waals surface area contributed by atoms with E-state index in [0.29, 0.717) is 26.8 Å². The Morgan fingerprint density at radius 2 is 1.61 bits per heavy atom. The fourth-order valence-electron chi connectivity index (χ4n) is 2.88. The van der Waals surface area contributed by atoms with Gasteiger partial charge in [0.15, 0.2) is 0 Å². The number of benzene rings is 1. The minimum absolute atomic E-state index is 0.0322. The van der Waals surface area contributed by atoms with E-state index < -0.39 is 0 Å². The van der Waals surface area contributed by atoms with Crippen LogP contribution in [-0.4, -0.2) is 26.2 Å². The summed E-state index contributed by atoms with van der Waals surface area (Å²) >= 11 is 0.347. The first kappa shape index (κ1) is 14.1. The molecule has 18 heavy (non-hydrogen) atoms. The van der Waals surface area contributed by atoms with Gasteiger partial charge in [0.05, 0.1) is 0 Å². The van der Waals surface area contributed by atoms with E-state index in [1.807, 2.05) is 0 Å². The Hall–Kier alpha value is -0.301. The van der Waals surface area contributed by atoms with Crippen LogP contribution in [0, 0.1) is 17.3 Å². The molecule has 1 aromatic rings. The van der Waals surface area contributed by atoms with E-state index >= 15 is 0 Å². The molecule has 1 fully saturated rings. The summed E-state index contributed by atoms with van der Waals surface area (Å²) in [6, 6.07) is 10.7. The van der Waals surface area contributed by atoms with Crippen LogP contribution in [-0.2, 0) is 0 Å². The fourth-order valence-corrected chi connectivity index (χ4v) is 6.82. The van der Waals surface area contributed by atoms with Crippen LogP contribution in [0.1, 0.15) is 34.6 Å². The third kappa shape index (κ3) is 2.27. The van der Waals surface area contributed by atoms with Gasteiger partial charge in [-0.15, -0.1) is 0 Å². The zero-order valence-electron chi connectivity index (χ0n) is 12.0. The van der Waals surface area contributed by atoms with Gasteiger partial charge in [-0.25, -0.2) is 0 Å². The van der Waals surface area contributed by atoms with E-state index in [9.17, 15) is 5.11 Å². The molecule has 0 aromatic heterocycles. The van der Waals surface area contributed by atoms with E-state index in [1.165, 1.54) is 4.46 Å². The Labute approximate surface area is 117 Å². The van der Waals surface area contributed by atoms with Gasteiger partial charge in [-0.3, -0.25) is 0 Å². The van der Waals surface area contributed by atoms with Gasteiger partial charge in [0, 0.05) is 0 Å². The van der Waals surface area contributed by atoms with Gasteiger partial charge in [-0.1, -0.05) is 0 Å². The molecule has 100 valence electrons. The summed E-state index contributed by atoms with van der Waals surface area (Å²) in [7, 11) is 0. The SMILES string of the molecule is C[C@@H]1[C@@H](C)C1([Se]c1ccccc1)C(O)C(C)(C)C. The van der Waals surface area contributed by atoms with Crippen LogP contribution < -0.4 is 4.46 Å². The quantitative estimate of drug-likeness (QED) is 0.851. The molecule has 0 heterocycles. The molecule has 0 saturated heterocycles. The summed E-state index contributed by atoms with van der Waals surface area (Å²) in [4.78, 5) is 0. The number of aliphatic hydroxyl groups is 1. The molecular weight excluding hydrogens is 287 g/mol. The van der Waals surface area contributed by atoms with Crippen LogP contribution in [0.15, 0.2) is 30.3 Å². The van der Waals surface area contributed by atoms with Gasteiger partial charge in [-0.2, -0.15) is 0 Å². The van der Waals surface area contributed by atoms with Crippen molar-refractivity contribution in [2.24, 2.45) is 17.3 Å². The van der Waals surface area contributed by atoms with Crippen LogP contribution in [0.4, 0.5) is 0 Å². The van der Waals surface area contributed by atoms with Crippen molar-refractivity contribution in [2.45, 2.75) is 45.0 Å². The van der Waals surface area contributed by atoms with Crippen molar-refractivity contribution in [1.29, 1.82) is 0 Å². The summed E-state index contributed by atoms with van der Waals surface area (Å²) in [5.41, 5.74) is -0.0322. The summed E-state index contributed by atoms with van der Waals surface area (Å²) < 4.78 is 1.54. The summed E-state index contributed by atoms with van der Waals surface area (Å²) in [5.74, 6) is 1.26. The Morgan fingerprint density at radius 1 is 1.11 bits per heavy atom. The van der Waals surface area contributed by atoms with Crippen molar-refractivity contribution in [3.8, 4) is 0 Å². The van der Waals surface area contributed by atoms with Crippen molar-refractivity contribution in [3.63, 3.8) is 0 Å². The van der Waals surface area contributed by atoms with E-state index in [-0.39, 0.29) is 15.8 Å². The number of hydrogen-bond acceptors (Lipinski definition) is 1. The third-order valence-electron chi connectivity index (χ3n) is 4.35. The van der Waals surface area contributed by atoms with Crippen molar-refractivity contribution >= 4 is 19.4 Å². The molecule has 1 nitrogen and oxygen atoms in total. The maximum atomic E-state index is 10.8. The molecule has 3 atom stereocenters. The maximum absolute atomic E-state index is 10.8. The van der Waals surface area contributed by atoms with Crippen molar-refractivity contribution in [2.75, 3.05) is 0 Å². The van der Waals surface area contributed by atoms with Gasteiger partial charge in [0.2, 0.25) is 0 Å². The van der Waals surface area contributed by atoms with Gasteiger partial charge in [0.25, 0.3) is 0 Å². The van der Waals surface area contributed by atoms with Gasteiger partial charge < -0.3 is 0 Å². The van der Waals surface area contributed by atoms with Crippen molar-refractivity contribution < 1.29 is 5.11 Å². The zero-order chi connectivity index (χ0) is 13.6. The molecule has 1 aromatic carbocycles. The Bertz CT molecular complexity index is 399. The summed E-state index contributed by atoms with van der Waals surface area (Å²) in [6.45, 7) is 11.0. The standard InChI is InChI=1S/C16H24OSe/c1-11-12(2)16(11,14(17)15(3,4)5)18-13-9-7-6-8-10-13/h6-12,14,17H,1-5H3/t11-,12-,14?/m1/s1. The molecule has 1 N–H and O–H groups in total. The monoisotopic (exact) mass is 312 g/mol. The zero-order valence-corrected chi connectivity index (χ0v) is 13.7. The average molecular weight is 311 g/mol. The predicted molar refractivity (Wildman–Crippen MR) is 78.3 cm³/mol. The molecule has 0 spiro atoms. The number of aliphatic hydroxyl groups excluding tert-OH is 1. The van der Waals surface area contributed by atoms with Crippen LogP contribution in [0.5, 0.6) is 0 Å². The van der Waals surface area contributed by atoms with Crippen LogP contribution >= 0.6 is 0 Å². The molecule has 1 saturated carbocycles. The molecule has 2 heteroatoms. The van der Waals surface area contributed by atoms with Crippen molar-refractivity contribution in [3.05, 3.63) is 30.3 Å². The molecule has 0 aliphatic heterocycles. The van der Waals surface area contributed by atoms with E-state index in [0.717, 1.165) is 0 Å². The first-order valence-electron chi connectivity index (χ1n) is 6.72. The van der Waals surface area contributed by atoms with Crippen LogP contribution in [0.3, 0.4) is 0 Å². The van der Waals surface area contributed by atoms with Gasteiger partial charge >= 0.3 is 117 Å². The Morgan fingerprint density at radius 3 is 2.00 bits per heavy atom. The van der Waals surface area contributed by atoms with E-state index in [2.05, 4.69) is 65.0 Å². The van der Waals surface area contributed by atoms with Crippen LogP contribution in [0.2, 0.25) is 4.31 Å². The molecule has 0 radical (unpaired) electrons. The second-order valence-electron chi connectivity index (χ2n) is 6.61. The second-order valence-corrected chi connectivity index (χ2v) is 9.52. The average Bonchev–Trinajstić information content (AvgIpc) is 2.82. The fraction of sp³-hybridized carbons (Fsp3) is 0.625. The molecule has 2 rings (SSSR count). The molecular formula is C16H24OSe. The molecule has 1 aliphatic carbocycles. The number of rotatable bonds is 3. The minimum atomic E-state index is -0.213. The van der Waals surface area contributed by atoms with Crippen LogP contribution in [0.25, 0.3) is 0 Å². The van der Waals surface area contributed by atoms with Gasteiger partial charge in [0.1, 0.15) is 0 Å². The van der Waals surface area contributed by atoms with Gasteiger partial charge in [-0.05, 0) is 0 Å². The van der Waals surface area contributed by atoms with E-state index in [4.69, 9.17) is 0 Å². The topological polar surface area (TPSA) is 20.2 Å². The molecule has 1 aliphatic rings. The Kier molecular flexibility index (Phi) is 3.66. The Balaban J connectivity index is 2.25. The third-order valence-corrected chi connectivity index (χ3v) is 8.19. The molecule has 1 unspecified atom stereocenters. The second kappa shape index (κ2) is 4.67. The first-order chi connectivity index (χ1) is 8.30. The normalized spacial score (nSPS) is 33.2.